The normalized spacial score (nSPS) is 12.9. The van der Waals surface area contributed by atoms with E-state index in [1.165, 1.54) is 31.5 Å². The molecule has 0 radical (unpaired) electrons. The number of anilines is 1. The molecule has 2 atom stereocenters. The summed E-state index contributed by atoms with van der Waals surface area (Å²) in [4.78, 5) is 31.3. The van der Waals surface area contributed by atoms with Crippen molar-refractivity contribution in [3.05, 3.63) is 93.0 Å². The molecule has 2 heterocycles. The number of rotatable bonds is 7. The molecular formula is C22H22F2N4O3. The molecule has 0 bridgehead atoms. The number of nitrogens with two attached hydrogens (primary N) is 1. The Bertz CT molecular complexity index is 1150. The lowest BCUT2D eigenvalue weighted by Gasteiger charge is -2.18. The van der Waals surface area contributed by atoms with Crippen LogP contribution in [0.15, 0.2) is 53.6 Å². The van der Waals surface area contributed by atoms with Crippen LogP contribution in [-0.2, 0) is 9.53 Å². The first-order valence-electron chi connectivity index (χ1n) is 9.45. The molecule has 1 amide bonds. The molecule has 0 aliphatic carbocycles. The standard InChI is InChI=1S/C22H22F2N4O3/c1-12-7-14(3-4-18(12)24)20(25)22(30)28-19-8-13(5-6-26-19)17(11-31-2)16-9-15(23)10-27-21(16)29/h3-10,17,20H,11,25H2,1-2H3,(H,27,29)(H,26,28,30)/t17-,20+/m1/s1. The van der Waals surface area contributed by atoms with E-state index in [0.717, 1.165) is 12.3 Å². The van der Waals surface area contributed by atoms with Gasteiger partial charge < -0.3 is 20.8 Å². The minimum absolute atomic E-state index is 0.109. The van der Waals surface area contributed by atoms with Crippen molar-refractivity contribution in [2.24, 2.45) is 5.73 Å². The third-order valence-corrected chi connectivity index (χ3v) is 4.87. The number of methoxy groups -OCH3 is 1. The van der Waals surface area contributed by atoms with Gasteiger partial charge in [-0.25, -0.2) is 13.8 Å². The van der Waals surface area contributed by atoms with Crippen molar-refractivity contribution in [3.63, 3.8) is 0 Å². The number of pyridine rings is 2. The van der Waals surface area contributed by atoms with Crippen LogP contribution >= 0.6 is 0 Å². The summed E-state index contributed by atoms with van der Waals surface area (Å²) in [5, 5.41) is 2.62. The van der Waals surface area contributed by atoms with Crippen molar-refractivity contribution < 1.29 is 18.3 Å². The number of ether oxygens (including phenoxy) is 1. The van der Waals surface area contributed by atoms with E-state index in [1.54, 1.807) is 19.1 Å². The van der Waals surface area contributed by atoms with Crippen molar-refractivity contribution in [1.29, 1.82) is 0 Å². The predicted octanol–water partition coefficient (Wildman–Crippen LogP) is 2.77. The third kappa shape index (κ3) is 5.19. The van der Waals surface area contributed by atoms with Gasteiger partial charge in [0.25, 0.3) is 5.56 Å². The molecule has 31 heavy (non-hydrogen) atoms. The minimum atomic E-state index is -1.04. The minimum Gasteiger partial charge on any atom is -0.384 e. The van der Waals surface area contributed by atoms with E-state index >= 15 is 0 Å². The van der Waals surface area contributed by atoms with Gasteiger partial charge >= 0.3 is 0 Å². The van der Waals surface area contributed by atoms with Crippen LogP contribution in [0.25, 0.3) is 0 Å². The fraction of sp³-hybridized carbons (Fsp3) is 0.227. The summed E-state index contributed by atoms with van der Waals surface area (Å²) >= 11 is 0. The Hall–Kier alpha value is -3.43. The van der Waals surface area contributed by atoms with Gasteiger partial charge in [-0.05, 0) is 47.9 Å². The number of carbonyl (C=O) groups excluding carboxylic acids is 1. The molecule has 4 N–H and O–H groups in total. The van der Waals surface area contributed by atoms with E-state index in [9.17, 15) is 18.4 Å². The van der Waals surface area contributed by atoms with E-state index in [-0.39, 0.29) is 23.8 Å². The first-order valence-corrected chi connectivity index (χ1v) is 9.45. The first-order chi connectivity index (χ1) is 14.8. The molecule has 9 heteroatoms. The molecule has 0 saturated heterocycles. The second kappa shape index (κ2) is 9.59. The summed E-state index contributed by atoms with van der Waals surface area (Å²) in [5.41, 5.74) is 7.17. The second-order valence-electron chi connectivity index (χ2n) is 7.06. The van der Waals surface area contributed by atoms with Gasteiger partial charge in [-0.2, -0.15) is 0 Å². The Balaban J connectivity index is 1.85. The van der Waals surface area contributed by atoms with Gasteiger partial charge in [0.05, 0.1) is 6.61 Å². The summed E-state index contributed by atoms with van der Waals surface area (Å²) in [5.74, 6) is -1.90. The van der Waals surface area contributed by atoms with Crippen molar-refractivity contribution in [1.82, 2.24) is 9.97 Å². The van der Waals surface area contributed by atoms with E-state index < -0.39 is 29.2 Å². The maximum Gasteiger partial charge on any atom is 0.252 e. The zero-order valence-corrected chi connectivity index (χ0v) is 17.0. The molecule has 162 valence electrons. The summed E-state index contributed by atoms with van der Waals surface area (Å²) in [6.45, 7) is 1.69. The fourth-order valence-corrected chi connectivity index (χ4v) is 3.21. The Kier molecular flexibility index (Phi) is 6.88. The maximum atomic E-state index is 13.7. The molecule has 0 fully saturated rings. The van der Waals surface area contributed by atoms with Crippen LogP contribution in [0.4, 0.5) is 14.6 Å². The number of H-pyrrole nitrogens is 1. The molecule has 3 rings (SSSR count). The molecule has 1 aromatic carbocycles. The number of benzene rings is 1. The molecular weight excluding hydrogens is 406 g/mol. The zero-order chi connectivity index (χ0) is 22.5. The van der Waals surface area contributed by atoms with Crippen molar-refractivity contribution in [2.45, 2.75) is 18.9 Å². The average Bonchev–Trinajstić information content (AvgIpc) is 2.75. The number of aromatic nitrogens is 2. The lowest BCUT2D eigenvalue weighted by molar-refractivity contribution is -0.117. The highest BCUT2D eigenvalue weighted by Gasteiger charge is 2.21. The number of nitrogens with one attached hydrogen (secondary N) is 2. The number of carbonyl (C=O) groups is 1. The number of nitrogens with zero attached hydrogens (tertiary/aromatic N) is 1. The summed E-state index contributed by atoms with van der Waals surface area (Å²) in [6.07, 6.45) is 2.43. The van der Waals surface area contributed by atoms with Gasteiger partial charge in [0.15, 0.2) is 0 Å². The molecule has 0 aliphatic rings. The second-order valence-corrected chi connectivity index (χ2v) is 7.06. The van der Waals surface area contributed by atoms with Gasteiger partial charge in [0, 0.05) is 31.0 Å². The van der Waals surface area contributed by atoms with Gasteiger partial charge in [-0.1, -0.05) is 12.1 Å². The third-order valence-electron chi connectivity index (χ3n) is 4.87. The Labute approximate surface area is 177 Å². The van der Waals surface area contributed by atoms with Crippen LogP contribution in [-0.4, -0.2) is 29.6 Å². The molecule has 2 aromatic heterocycles. The number of halogens is 2. The molecule has 0 spiro atoms. The zero-order valence-electron chi connectivity index (χ0n) is 17.0. The smallest absolute Gasteiger partial charge is 0.252 e. The highest BCUT2D eigenvalue weighted by atomic mass is 19.1. The Morgan fingerprint density at radius 3 is 2.71 bits per heavy atom. The van der Waals surface area contributed by atoms with E-state index in [1.807, 2.05) is 0 Å². The molecule has 3 aromatic rings. The largest absolute Gasteiger partial charge is 0.384 e. The fourth-order valence-electron chi connectivity index (χ4n) is 3.21. The van der Waals surface area contributed by atoms with E-state index in [4.69, 9.17) is 10.5 Å². The maximum absolute atomic E-state index is 13.7. The summed E-state index contributed by atoms with van der Waals surface area (Å²) < 4.78 is 32.4. The van der Waals surface area contributed by atoms with Crippen molar-refractivity contribution >= 4 is 11.7 Å². The molecule has 0 saturated carbocycles. The highest BCUT2D eigenvalue weighted by molar-refractivity contribution is 5.94. The van der Waals surface area contributed by atoms with Crippen LogP contribution in [0, 0.1) is 18.6 Å². The number of aryl methyl sites for hydroxylation is 1. The Morgan fingerprint density at radius 2 is 2.00 bits per heavy atom. The van der Waals surface area contributed by atoms with E-state index in [0.29, 0.717) is 16.7 Å². The summed E-state index contributed by atoms with van der Waals surface area (Å²) in [7, 11) is 1.47. The molecule has 0 unspecified atom stereocenters. The quantitative estimate of drug-likeness (QED) is 0.536. The van der Waals surface area contributed by atoms with Gasteiger partial charge in [0.1, 0.15) is 23.5 Å². The topological polar surface area (TPSA) is 110 Å². The van der Waals surface area contributed by atoms with Crippen molar-refractivity contribution in [3.8, 4) is 0 Å². The van der Waals surface area contributed by atoms with Gasteiger partial charge in [-0.3, -0.25) is 9.59 Å². The predicted molar refractivity (Wildman–Crippen MR) is 112 cm³/mol. The monoisotopic (exact) mass is 428 g/mol. The number of hydrogen-bond donors (Lipinski definition) is 3. The number of aromatic amines is 1. The number of amides is 1. The molecule has 7 nitrogen and oxygen atoms in total. The lowest BCUT2D eigenvalue weighted by Crippen LogP contribution is -2.28. The average molecular weight is 428 g/mol. The molecule has 0 aliphatic heterocycles. The Morgan fingerprint density at radius 1 is 1.23 bits per heavy atom. The lowest BCUT2D eigenvalue weighted by atomic mass is 9.93. The number of hydrogen-bond acceptors (Lipinski definition) is 5. The van der Waals surface area contributed by atoms with Crippen LogP contribution in [0.3, 0.4) is 0 Å². The van der Waals surface area contributed by atoms with Gasteiger partial charge in [-0.15, -0.1) is 0 Å². The van der Waals surface area contributed by atoms with Crippen LogP contribution < -0.4 is 16.6 Å². The van der Waals surface area contributed by atoms with E-state index in [2.05, 4.69) is 15.3 Å². The van der Waals surface area contributed by atoms with Crippen LogP contribution in [0.2, 0.25) is 0 Å². The van der Waals surface area contributed by atoms with Crippen LogP contribution in [0.5, 0.6) is 0 Å². The van der Waals surface area contributed by atoms with Crippen molar-refractivity contribution in [2.75, 3.05) is 19.0 Å². The highest BCUT2D eigenvalue weighted by Crippen LogP contribution is 2.25. The van der Waals surface area contributed by atoms with Gasteiger partial charge in [0.2, 0.25) is 5.91 Å². The van der Waals surface area contributed by atoms with Crippen LogP contribution in [0.1, 0.15) is 34.2 Å². The first kappa shape index (κ1) is 22.3. The SMILES string of the molecule is COC[C@H](c1ccnc(NC(=O)[C@@H](N)c2ccc(F)c(C)c2)c1)c1cc(F)c[nH]c1=O. The summed E-state index contributed by atoms with van der Waals surface area (Å²) in [6, 6.07) is 7.53.